The normalized spacial score (nSPS) is 22.0. The summed E-state index contributed by atoms with van der Waals surface area (Å²) in [5.74, 6) is 1.24. The molecule has 2 unspecified atom stereocenters. The number of aromatic nitrogens is 1. The predicted octanol–water partition coefficient (Wildman–Crippen LogP) is 4.76. The minimum absolute atomic E-state index is 0.0367. The maximum Gasteiger partial charge on any atom is 0.255 e. The van der Waals surface area contributed by atoms with Gasteiger partial charge in [0.2, 0.25) is 0 Å². The Kier molecular flexibility index (Phi) is 4.10. The second kappa shape index (κ2) is 6.26. The van der Waals surface area contributed by atoms with Crippen molar-refractivity contribution < 1.29 is 4.79 Å². The Morgan fingerprint density at radius 3 is 2.62 bits per heavy atom. The summed E-state index contributed by atoms with van der Waals surface area (Å²) >= 11 is 12.2. The molecule has 24 heavy (non-hydrogen) atoms. The van der Waals surface area contributed by atoms with Crippen LogP contribution in [0.4, 0.5) is 11.5 Å². The zero-order chi connectivity index (χ0) is 16.7. The molecule has 2 bridgehead atoms. The topological polar surface area (TPSA) is 45.2 Å². The van der Waals surface area contributed by atoms with Gasteiger partial charge in [0.05, 0.1) is 10.6 Å². The molecule has 1 aromatic heterocycles. The molecule has 2 aliphatic rings. The van der Waals surface area contributed by atoms with Crippen molar-refractivity contribution in [2.24, 2.45) is 5.92 Å². The van der Waals surface area contributed by atoms with Gasteiger partial charge >= 0.3 is 0 Å². The molecular formula is C18H17Cl2N3O. The van der Waals surface area contributed by atoms with Crippen molar-refractivity contribution >= 4 is 40.6 Å². The van der Waals surface area contributed by atoms with Gasteiger partial charge in [0, 0.05) is 29.5 Å². The Morgan fingerprint density at radius 2 is 2.00 bits per heavy atom. The number of rotatable bonds is 3. The molecule has 4 nitrogen and oxygen atoms in total. The van der Waals surface area contributed by atoms with Gasteiger partial charge < -0.3 is 10.2 Å². The molecule has 0 spiro atoms. The van der Waals surface area contributed by atoms with E-state index < -0.39 is 0 Å². The molecule has 0 radical (unpaired) electrons. The van der Waals surface area contributed by atoms with Crippen LogP contribution in [0.2, 0.25) is 10.0 Å². The highest BCUT2D eigenvalue weighted by molar-refractivity contribution is 6.33. The zero-order valence-electron chi connectivity index (χ0n) is 13.0. The highest BCUT2D eigenvalue weighted by atomic mass is 35.5. The number of likely N-dealkylation sites (tertiary alicyclic amines) is 1. The minimum Gasteiger partial charge on any atom is -0.339 e. The first-order chi connectivity index (χ1) is 11.6. The van der Waals surface area contributed by atoms with Crippen molar-refractivity contribution in [1.29, 1.82) is 0 Å². The lowest BCUT2D eigenvalue weighted by Gasteiger charge is -2.27. The number of piperidine rings is 1. The molecule has 4 rings (SSSR count). The molecular weight excluding hydrogens is 345 g/mol. The fourth-order valence-electron chi connectivity index (χ4n) is 3.66. The van der Waals surface area contributed by atoms with Crippen LogP contribution in [0.3, 0.4) is 0 Å². The van der Waals surface area contributed by atoms with Crippen LogP contribution >= 0.6 is 23.2 Å². The van der Waals surface area contributed by atoms with Gasteiger partial charge in [-0.1, -0.05) is 23.2 Å². The number of pyridine rings is 1. The summed E-state index contributed by atoms with van der Waals surface area (Å²) in [5.41, 5.74) is 1.39. The number of halogens is 2. The Bertz CT molecular complexity index is 778. The fourth-order valence-corrected chi connectivity index (χ4v) is 4.00. The molecule has 1 amide bonds. The quantitative estimate of drug-likeness (QED) is 0.857. The molecule has 6 heteroatoms. The molecule has 2 atom stereocenters. The first-order valence-corrected chi connectivity index (χ1v) is 8.85. The molecule has 1 saturated heterocycles. The summed E-state index contributed by atoms with van der Waals surface area (Å²) in [6.45, 7) is 0.867. The molecule has 2 aromatic rings. The number of amides is 1. The Hall–Kier alpha value is -1.78. The number of nitrogens with one attached hydrogen (secondary N) is 1. The van der Waals surface area contributed by atoms with Gasteiger partial charge in [-0.3, -0.25) is 4.79 Å². The van der Waals surface area contributed by atoms with Gasteiger partial charge in [-0.25, -0.2) is 4.98 Å². The van der Waals surface area contributed by atoms with Crippen LogP contribution in [-0.2, 0) is 0 Å². The van der Waals surface area contributed by atoms with E-state index in [1.807, 2.05) is 17.0 Å². The van der Waals surface area contributed by atoms with Crippen LogP contribution in [0.15, 0.2) is 36.5 Å². The third-order valence-corrected chi connectivity index (χ3v) is 5.41. The molecule has 2 fully saturated rings. The predicted molar refractivity (Wildman–Crippen MR) is 96.1 cm³/mol. The summed E-state index contributed by atoms with van der Waals surface area (Å²) in [6, 6.07) is 9.37. The number of carbonyl (C=O) groups is 1. The average Bonchev–Trinajstić information content (AvgIpc) is 3.21. The standard InChI is InChI=1S/C18H17Cl2N3O/c19-13-2-4-14(5-3-13)22-17-16(20)8-12(9-21-17)18(24)23-10-11-1-6-15(23)7-11/h2-5,8-9,11,15H,1,6-7,10H2,(H,21,22). The van der Waals surface area contributed by atoms with Crippen LogP contribution in [0.25, 0.3) is 0 Å². The van der Waals surface area contributed by atoms with Gasteiger partial charge in [-0.15, -0.1) is 0 Å². The van der Waals surface area contributed by atoms with E-state index in [-0.39, 0.29) is 5.91 Å². The molecule has 1 N–H and O–H groups in total. The number of fused-ring (bicyclic) bond motifs is 2. The van der Waals surface area contributed by atoms with Crippen molar-refractivity contribution in [3.05, 3.63) is 52.1 Å². The van der Waals surface area contributed by atoms with E-state index in [2.05, 4.69) is 10.3 Å². The van der Waals surface area contributed by atoms with Gasteiger partial charge in [-0.2, -0.15) is 0 Å². The van der Waals surface area contributed by atoms with Crippen LogP contribution in [0.5, 0.6) is 0 Å². The van der Waals surface area contributed by atoms with Crippen LogP contribution in [0, 0.1) is 5.92 Å². The second-order valence-corrected chi connectivity index (χ2v) is 7.32. The number of anilines is 2. The largest absolute Gasteiger partial charge is 0.339 e. The Balaban J connectivity index is 1.51. The van der Waals surface area contributed by atoms with E-state index in [0.29, 0.717) is 33.4 Å². The van der Waals surface area contributed by atoms with Crippen molar-refractivity contribution in [3.63, 3.8) is 0 Å². The molecule has 1 aromatic carbocycles. The van der Waals surface area contributed by atoms with E-state index in [1.54, 1.807) is 24.4 Å². The Morgan fingerprint density at radius 1 is 1.21 bits per heavy atom. The minimum atomic E-state index is 0.0367. The van der Waals surface area contributed by atoms with Gasteiger partial charge in [-0.05, 0) is 55.5 Å². The third kappa shape index (κ3) is 2.96. The first kappa shape index (κ1) is 15.7. The third-order valence-electron chi connectivity index (χ3n) is 4.87. The number of nitrogens with zero attached hydrogens (tertiary/aromatic N) is 2. The van der Waals surface area contributed by atoms with Gasteiger partial charge in [0.1, 0.15) is 5.82 Å². The number of carbonyl (C=O) groups excluding carboxylic acids is 1. The average molecular weight is 362 g/mol. The highest BCUT2D eigenvalue weighted by Crippen LogP contribution is 2.38. The van der Waals surface area contributed by atoms with Crippen LogP contribution in [0.1, 0.15) is 29.6 Å². The van der Waals surface area contributed by atoms with Gasteiger partial charge in [0.15, 0.2) is 0 Å². The maximum atomic E-state index is 12.7. The summed E-state index contributed by atoms with van der Waals surface area (Å²) in [5, 5.41) is 4.23. The summed E-state index contributed by atoms with van der Waals surface area (Å²) < 4.78 is 0. The van der Waals surface area contributed by atoms with E-state index >= 15 is 0 Å². The molecule has 2 heterocycles. The SMILES string of the molecule is O=C(c1cnc(Nc2ccc(Cl)cc2)c(Cl)c1)N1CC2CCC1C2. The zero-order valence-corrected chi connectivity index (χ0v) is 14.5. The van der Waals surface area contributed by atoms with E-state index in [4.69, 9.17) is 23.2 Å². The molecule has 1 aliphatic carbocycles. The second-order valence-electron chi connectivity index (χ2n) is 6.48. The number of hydrogen-bond acceptors (Lipinski definition) is 3. The van der Waals surface area contributed by atoms with Gasteiger partial charge in [0.25, 0.3) is 5.91 Å². The summed E-state index contributed by atoms with van der Waals surface area (Å²) in [7, 11) is 0. The van der Waals surface area contributed by atoms with E-state index in [9.17, 15) is 4.79 Å². The lowest BCUT2D eigenvalue weighted by Crippen LogP contribution is -2.37. The molecule has 124 valence electrons. The van der Waals surface area contributed by atoms with Crippen molar-refractivity contribution in [2.75, 3.05) is 11.9 Å². The highest BCUT2D eigenvalue weighted by Gasteiger charge is 2.40. The maximum absolute atomic E-state index is 12.7. The monoisotopic (exact) mass is 361 g/mol. The lowest BCUT2D eigenvalue weighted by atomic mass is 10.1. The molecule has 1 aliphatic heterocycles. The first-order valence-electron chi connectivity index (χ1n) is 8.09. The Labute approximate surface area is 150 Å². The number of benzene rings is 1. The van der Waals surface area contributed by atoms with Crippen molar-refractivity contribution in [3.8, 4) is 0 Å². The van der Waals surface area contributed by atoms with Crippen molar-refractivity contribution in [1.82, 2.24) is 9.88 Å². The fraction of sp³-hybridized carbons (Fsp3) is 0.333. The summed E-state index contributed by atoms with van der Waals surface area (Å²) in [4.78, 5) is 19.0. The smallest absolute Gasteiger partial charge is 0.255 e. The lowest BCUT2D eigenvalue weighted by molar-refractivity contribution is 0.0703. The molecule has 1 saturated carbocycles. The van der Waals surface area contributed by atoms with E-state index in [0.717, 1.165) is 25.1 Å². The van der Waals surface area contributed by atoms with Crippen molar-refractivity contribution in [2.45, 2.75) is 25.3 Å². The summed E-state index contributed by atoms with van der Waals surface area (Å²) in [6.07, 6.45) is 5.10. The number of hydrogen-bond donors (Lipinski definition) is 1. The van der Waals surface area contributed by atoms with E-state index in [1.165, 1.54) is 6.42 Å². The van der Waals surface area contributed by atoms with Crippen LogP contribution < -0.4 is 5.32 Å². The van der Waals surface area contributed by atoms with Crippen LogP contribution in [-0.4, -0.2) is 28.4 Å².